The molecule has 0 aromatic heterocycles. The number of carbonyl (C=O) groups is 1. The molecule has 16 heavy (non-hydrogen) atoms. The van der Waals surface area contributed by atoms with Crippen LogP contribution < -0.4 is 4.72 Å². The van der Waals surface area contributed by atoms with Crippen LogP contribution in [0.4, 0.5) is 0 Å². The maximum atomic E-state index is 11.8. The zero-order chi connectivity index (χ0) is 13.0. The number of hydrogen-bond acceptors (Lipinski definition) is 3. The quantitative estimate of drug-likeness (QED) is 0.715. The summed E-state index contributed by atoms with van der Waals surface area (Å²) in [5.74, 6) is -1.33. The Bertz CT molecular complexity index is 324. The average Bonchev–Trinajstić information content (AvgIpc) is 2.24. The second-order valence-electron chi connectivity index (χ2n) is 3.97. The van der Waals surface area contributed by atoms with Crippen LogP contribution in [0.2, 0.25) is 0 Å². The molecular weight excluding hydrogens is 230 g/mol. The van der Waals surface area contributed by atoms with Crippen LogP contribution in [0.25, 0.3) is 0 Å². The number of carboxylic acid groups (broad SMARTS) is 1. The van der Waals surface area contributed by atoms with Gasteiger partial charge in [0.25, 0.3) is 0 Å². The van der Waals surface area contributed by atoms with Crippen molar-refractivity contribution >= 4 is 16.0 Å². The highest BCUT2D eigenvalue weighted by Crippen LogP contribution is 2.21. The molecule has 0 aliphatic heterocycles. The van der Waals surface area contributed by atoms with Gasteiger partial charge in [0.15, 0.2) is 5.25 Å². The van der Waals surface area contributed by atoms with Gasteiger partial charge in [-0.3, -0.25) is 4.79 Å². The molecule has 5 nitrogen and oxygen atoms in total. The van der Waals surface area contributed by atoms with E-state index in [1.54, 1.807) is 0 Å². The Morgan fingerprint density at radius 2 is 1.62 bits per heavy atom. The molecule has 1 unspecified atom stereocenters. The lowest BCUT2D eigenvalue weighted by Gasteiger charge is -2.32. The van der Waals surface area contributed by atoms with Crippen molar-refractivity contribution in [3.8, 4) is 0 Å². The van der Waals surface area contributed by atoms with Crippen LogP contribution in [0.1, 0.15) is 47.0 Å². The van der Waals surface area contributed by atoms with Crippen LogP contribution in [0.5, 0.6) is 0 Å². The summed E-state index contributed by atoms with van der Waals surface area (Å²) in [6.45, 7) is 6.85. The second kappa shape index (κ2) is 5.63. The molecule has 0 aromatic rings. The van der Waals surface area contributed by atoms with Gasteiger partial charge < -0.3 is 5.11 Å². The van der Waals surface area contributed by atoms with Crippen molar-refractivity contribution in [3.63, 3.8) is 0 Å². The molecule has 0 fully saturated rings. The normalized spacial score (nSPS) is 14.8. The summed E-state index contributed by atoms with van der Waals surface area (Å²) in [6, 6.07) is 0. The third kappa shape index (κ3) is 3.45. The smallest absolute Gasteiger partial charge is 0.323 e. The number of carboxylic acids is 1. The zero-order valence-corrected chi connectivity index (χ0v) is 11.1. The number of sulfonamides is 1. The molecule has 96 valence electrons. The Morgan fingerprint density at radius 1 is 1.25 bits per heavy atom. The van der Waals surface area contributed by atoms with Crippen molar-refractivity contribution in [1.82, 2.24) is 4.72 Å². The minimum Gasteiger partial charge on any atom is -0.480 e. The number of aliphatic carboxylic acids is 1. The Labute approximate surface area is 97.3 Å². The van der Waals surface area contributed by atoms with E-state index in [4.69, 9.17) is 5.11 Å². The Hall–Kier alpha value is -0.620. The van der Waals surface area contributed by atoms with Gasteiger partial charge in [-0.1, -0.05) is 20.8 Å². The fourth-order valence-corrected chi connectivity index (χ4v) is 2.97. The van der Waals surface area contributed by atoms with Gasteiger partial charge in [-0.25, -0.2) is 13.1 Å². The molecule has 6 heteroatoms. The highest BCUT2D eigenvalue weighted by atomic mass is 32.2. The van der Waals surface area contributed by atoms with E-state index < -0.39 is 26.8 Å². The summed E-state index contributed by atoms with van der Waals surface area (Å²) < 4.78 is 26.1. The molecule has 0 aliphatic carbocycles. The molecule has 0 amide bonds. The lowest BCUT2D eigenvalue weighted by molar-refractivity contribution is -0.136. The van der Waals surface area contributed by atoms with E-state index in [2.05, 4.69) is 4.72 Å². The Balaban J connectivity index is 5.01. The van der Waals surface area contributed by atoms with Gasteiger partial charge in [0.05, 0.1) is 0 Å². The first-order chi connectivity index (χ1) is 7.24. The fraction of sp³-hybridized carbons (Fsp3) is 0.900. The molecule has 0 saturated carbocycles. The molecule has 1 atom stereocenters. The predicted octanol–water partition coefficient (Wildman–Crippen LogP) is 1.35. The molecule has 0 aromatic carbocycles. The van der Waals surface area contributed by atoms with E-state index in [1.807, 2.05) is 20.8 Å². The SMILES string of the molecule is CCC(CC)(CC)NS(=O)(=O)C(C)C(=O)O. The van der Waals surface area contributed by atoms with Crippen LogP contribution in [0.3, 0.4) is 0 Å². The van der Waals surface area contributed by atoms with E-state index in [1.165, 1.54) is 6.92 Å². The molecule has 0 radical (unpaired) electrons. The molecule has 0 spiro atoms. The first-order valence-corrected chi connectivity index (χ1v) is 7.05. The molecule has 0 rings (SSSR count). The molecule has 0 aliphatic rings. The standard InChI is InChI=1S/C10H21NO4S/c1-5-10(6-2,7-3)11-16(14,15)8(4)9(12)13/h8,11H,5-7H2,1-4H3,(H,12,13). The maximum absolute atomic E-state index is 11.8. The summed E-state index contributed by atoms with van der Waals surface area (Å²) in [5, 5.41) is 7.29. The highest BCUT2D eigenvalue weighted by Gasteiger charge is 2.35. The first kappa shape index (κ1) is 15.4. The maximum Gasteiger partial charge on any atom is 0.323 e. The monoisotopic (exact) mass is 251 g/mol. The van der Waals surface area contributed by atoms with Crippen LogP contribution >= 0.6 is 0 Å². The minimum atomic E-state index is -3.80. The topological polar surface area (TPSA) is 83.5 Å². The van der Waals surface area contributed by atoms with Gasteiger partial charge in [-0.05, 0) is 26.2 Å². The predicted molar refractivity (Wildman–Crippen MR) is 62.8 cm³/mol. The largest absolute Gasteiger partial charge is 0.480 e. The number of hydrogen-bond donors (Lipinski definition) is 2. The Morgan fingerprint density at radius 3 is 1.88 bits per heavy atom. The summed E-state index contributed by atoms with van der Waals surface area (Å²) in [6.07, 6.45) is 1.93. The van der Waals surface area contributed by atoms with Crippen LogP contribution in [-0.2, 0) is 14.8 Å². The van der Waals surface area contributed by atoms with Gasteiger partial charge in [0, 0.05) is 5.54 Å². The lowest BCUT2D eigenvalue weighted by Crippen LogP contribution is -2.51. The molecular formula is C10H21NO4S. The van der Waals surface area contributed by atoms with Gasteiger partial charge in [-0.2, -0.15) is 0 Å². The molecule has 0 bridgehead atoms. The number of rotatable bonds is 7. The van der Waals surface area contributed by atoms with Gasteiger partial charge >= 0.3 is 5.97 Å². The number of nitrogens with one attached hydrogen (secondary N) is 1. The van der Waals surface area contributed by atoms with E-state index in [0.29, 0.717) is 19.3 Å². The van der Waals surface area contributed by atoms with Gasteiger partial charge in [0.1, 0.15) is 0 Å². The summed E-state index contributed by atoms with van der Waals surface area (Å²) >= 11 is 0. The van der Waals surface area contributed by atoms with E-state index >= 15 is 0 Å². The van der Waals surface area contributed by atoms with Crippen molar-refractivity contribution in [3.05, 3.63) is 0 Å². The Kier molecular flexibility index (Phi) is 5.41. The summed E-state index contributed by atoms with van der Waals surface area (Å²) in [5.41, 5.74) is -0.525. The van der Waals surface area contributed by atoms with E-state index in [-0.39, 0.29) is 0 Å². The summed E-state index contributed by atoms with van der Waals surface area (Å²) in [7, 11) is -3.80. The van der Waals surface area contributed by atoms with Gasteiger partial charge in [0.2, 0.25) is 10.0 Å². The van der Waals surface area contributed by atoms with Gasteiger partial charge in [-0.15, -0.1) is 0 Å². The third-order valence-corrected chi connectivity index (χ3v) is 5.05. The molecule has 0 saturated heterocycles. The fourth-order valence-electron chi connectivity index (χ4n) is 1.49. The first-order valence-electron chi connectivity index (χ1n) is 5.50. The molecule has 0 heterocycles. The average molecular weight is 251 g/mol. The van der Waals surface area contributed by atoms with E-state index in [0.717, 1.165) is 0 Å². The second-order valence-corrected chi connectivity index (χ2v) is 5.97. The van der Waals surface area contributed by atoms with E-state index in [9.17, 15) is 13.2 Å². The minimum absolute atomic E-state index is 0.525. The zero-order valence-electron chi connectivity index (χ0n) is 10.3. The van der Waals surface area contributed by atoms with Crippen LogP contribution in [-0.4, -0.2) is 30.3 Å². The molecule has 2 N–H and O–H groups in total. The van der Waals surface area contributed by atoms with Crippen molar-refractivity contribution in [2.75, 3.05) is 0 Å². The van der Waals surface area contributed by atoms with Crippen molar-refractivity contribution in [2.45, 2.75) is 57.7 Å². The summed E-state index contributed by atoms with van der Waals surface area (Å²) in [4.78, 5) is 10.7. The van der Waals surface area contributed by atoms with Crippen molar-refractivity contribution in [2.24, 2.45) is 0 Å². The van der Waals surface area contributed by atoms with Crippen molar-refractivity contribution in [1.29, 1.82) is 0 Å². The van der Waals surface area contributed by atoms with Crippen LogP contribution in [0, 0.1) is 0 Å². The third-order valence-electron chi connectivity index (χ3n) is 3.20. The lowest BCUT2D eigenvalue weighted by atomic mass is 9.91. The van der Waals surface area contributed by atoms with Crippen molar-refractivity contribution < 1.29 is 18.3 Å². The van der Waals surface area contributed by atoms with Crippen LogP contribution in [0.15, 0.2) is 0 Å². The highest BCUT2D eigenvalue weighted by molar-refractivity contribution is 7.90.